The molecule has 0 fully saturated rings. The van der Waals surface area contributed by atoms with E-state index in [4.69, 9.17) is 4.52 Å². The molecule has 0 aliphatic carbocycles. The second-order valence-electron chi connectivity index (χ2n) is 0.615. The monoisotopic (exact) mass is 123 g/mol. The van der Waals surface area contributed by atoms with E-state index in [1.807, 2.05) is 6.92 Å². The maximum Gasteiger partial charge on any atom is 0.175 e. The van der Waals surface area contributed by atoms with Gasteiger partial charge < -0.3 is 4.52 Å². The van der Waals surface area contributed by atoms with Crippen molar-refractivity contribution in [2.75, 3.05) is 6.61 Å². The van der Waals surface area contributed by atoms with Gasteiger partial charge in [0.2, 0.25) is 0 Å². The lowest BCUT2D eigenvalue weighted by Crippen LogP contribution is -1.65. The van der Waals surface area contributed by atoms with Crippen LogP contribution in [0.2, 0.25) is 0 Å². The van der Waals surface area contributed by atoms with Crippen LogP contribution in [0.5, 0.6) is 0 Å². The molecule has 0 amide bonds. The average Bonchev–Trinajstić information content (AvgIpc) is 1.61. The normalized spacial score (nSPS) is 10.3. The molecule has 6 heavy (non-hydrogen) atoms. The van der Waals surface area contributed by atoms with E-state index >= 15 is 0 Å². The van der Waals surface area contributed by atoms with Crippen molar-refractivity contribution in [2.24, 2.45) is 4.52 Å². The quantitative estimate of drug-likeness (QED) is 0.513. The molecule has 1 unspecified atom stereocenters. The van der Waals surface area contributed by atoms with Crippen LogP contribution >= 0.6 is 18.0 Å². The lowest BCUT2D eigenvalue weighted by Gasteiger charge is -1.78. The van der Waals surface area contributed by atoms with Crippen LogP contribution in [0.15, 0.2) is 4.52 Å². The topological polar surface area (TPSA) is 21.6 Å². The van der Waals surface area contributed by atoms with Crippen LogP contribution in [0.25, 0.3) is 0 Å². The molecule has 0 aromatic carbocycles. The summed E-state index contributed by atoms with van der Waals surface area (Å²) in [6.07, 6.45) is 0. The van der Waals surface area contributed by atoms with Crippen LogP contribution < -0.4 is 0 Å². The van der Waals surface area contributed by atoms with Crippen LogP contribution in [0, 0.1) is 0 Å². The first-order valence-electron chi connectivity index (χ1n) is 1.64. The van der Waals surface area contributed by atoms with Gasteiger partial charge in [-0.1, -0.05) is 0 Å². The predicted octanol–water partition coefficient (Wildman–Crippen LogP) is 1.86. The molecule has 0 aliphatic rings. The molecule has 0 N–H and O–H groups in total. The first-order chi connectivity index (χ1) is 2.91. The molecule has 0 radical (unpaired) electrons. The molecule has 0 bridgehead atoms. The molecule has 0 saturated carbocycles. The van der Waals surface area contributed by atoms with Gasteiger partial charge in [-0.05, 0) is 16.3 Å². The number of rotatable bonds is 2. The van der Waals surface area contributed by atoms with Crippen molar-refractivity contribution in [3.63, 3.8) is 0 Å². The molecule has 4 heteroatoms. The van der Waals surface area contributed by atoms with Gasteiger partial charge in [0.15, 0.2) is 8.60 Å². The molecule has 0 aromatic heterocycles. The van der Waals surface area contributed by atoms with Crippen molar-refractivity contribution in [3.05, 3.63) is 0 Å². The van der Waals surface area contributed by atoms with E-state index in [0.717, 1.165) is 6.61 Å². The zero-order chi connectivity index (χ0) is 4.83. The van der Waals surface area contributed by atoms with Gasteiger partial charge >= 0.3 is 0 Å². The number of hydrogen-bond donors (Lipinski definition) is 0. The van der Waals surface area contributed by atoms with E-state index in [9.17, 15) is 0 Å². The Kier molecular flexibility index (Phi) is 5.94. The Morgan fingerprint density at radius 2 is 2.67 bits per heavy atom. The summed E-state index contributed by atoms with van der Waals surface area (Å²) in [6, 6.07) is 0. The Labute approximate surface area is 41.5 Å². The van der Waals surface area contributed by atoms with Gasteiger partial charge in [0.25, 0.3) is 0 Å². The van der Waals surface area contributed by atoms with Crippen LogP contribution in [-0.4, -0.2) is 6.61 Å². The highest BCUT2D eigenvalue weighted by atomic mass is 31.1. The van der Waals surface area contributed by atoms with E-state index in [-0.39, 0.29) is 0 Å². The lowest BCUT2D eigenvalue weighted by atomic mass is 10.9. The van der Waals surface area contributed by atoms with Crippen LogP contribution in [0.3, 0.4) is 0 Å². The Morgan fingerprint density at radius 1 is 2.00 bits per heavy atom. The minimum atomic E-state index is 0.699. The van der Waals surface area contributed by atoms with Gasteiger partial charge in [-0.3, -0.25) is 0 Å². The Balaban J connectivity index is 2.66. The predicted molar refractivity (Wildman–Crippen MR) is 30.7 cm³/mol. The first kappa shape index (κ1) is 6.49. The van der Waals surface area contributed by atoms with Crippen molar-refractivity contribution >= 4 is 18.0 Å². The van der Waals surface area contributed by atoms with Gasteiger partial charge in [0.05, 0.1) is 6.61 Å². The third-order valence-corrected chi connectivity index (χ3v) is 0.985. The molecule has 36 valence electrons. The summed E-state index contributed by atoms with van der Waals surface area (Å²) in [5.41, 5.74) is 0. The number of hydrogen-bond acceptors (Lipinski definition) is 2. The fourth-order valence-electron chi connectivity index (χ4n) is 0.0911. The van der Waals surface area contributed by atoms with E-state index in [1.165, 1.54) is 0 Å². The molecule has 1 atom stereocenters. The molecule has 0 spiro atoms. The van der Waals surface area contributed by atoms with E-state index < -0.39 is 0 Å². The second kappa shape index (κ2) is 5.49. The standard InChI is InChI=1S/C2H7NOP2/c1-2-4-6-3-5/h2,5H2,1H3. The van der Waals surface area contributed by atoms with Crippen LogP contribution in [-0.2, 0) is 4.52 Å². The highest BCUT2D eigenvalue weighted by molar-refractivity contribution is 7.31. The average molecular weight is 123 g/mol. The summed E-state index contributed by atoms with van der Waals surface area (Å²) in [6.45, 7) is 2.67. The van der Waals surface area contributed by atoms with Crippen molar-refractivity contribution < 1.29 is 4.52 Å². The molecule has 0 rings (SSSR count). The van der Waals surface area contributed by atoms with Gasteiger partial charge in [-0.2, -0.15) is 0 Å². The summed E-state index contributed by atoms with van der Waals surface area (Å²) >= 11 is 0. The van der Waals surface area contributed by atoms with Gasteiger partial charge in [-0.25, -0.2) is 4.52 Å². The van der Waals surface area contributed by atoms with Gasteiger partial charge in [0.1, 0.15) is 0 Å². The minimum Gasteiger partial charge on any atom is -0.311 e. The van der Waals surface area contributed by atoms with Crippen LogP contribution in [0.4, 0.5) is 0 Å². The van der Waals surface area contributed by atoms with E-state index in [1.54, 1.807) is 0 Å². The first-order valence-corrected chi connectivity index (χ1v) is 2.92. The summed E-state index contributed by atoms with van der Waals surface area (Å²) in [7, 11) is 2.92. The zero-order valence-corrected chi connectivity index (χ0v) is 5.64. The molecule has 2 nitrogen and oxygen atoms in total. The van der Waals surface area contributed by atoms with Crippen molar-refractivity contribution in [1.29, 1.82) is 0 Å². The Hall–Kier alpha value is 0.490. The highest BCUT2D eigenvalue weighted by Crippen LogP contribution is 2.03. The third-order valence-electron chi connectivity index (χ3n) is 0.234. The molecule has 0 aliphatic heterocycles. The SMILES string of the molecule is CCOP=NP. The Morgan fingerprint density at radius 3 is 2.83 bits per heavy atom. The van der Waals surface area contributed by atoms with Gasteiger partial charge in [0, 0.05) is 0 Å². The summed E-state index contributed by atoms with van der Waals surface area (Å²) in [5.74, 6) is 0. The maximum atomic E-state index is 4.77. The molecule has 0 heterocycles. The van der Waals surface area contributed by atoms with E-state index in [2.05, 4.69) is 13.9 Å². The fourth-order valence-corrected chi connectivity index (χ4v) is 0.473. The zero-order valence-electron chi connectivity index (χ0n) is 3.59. The Bertz CT molecular complexity index is 46.8. The third kappa shape index (κ3) is 4.49. The molecular formula is C2H7NOP2. The minimum absolute atomic E-state index is 0.699. The summed E-state index contributed by atoms with van der Waals surface area (Å²) in [4.78, 5) is 0. The van der Waals surface area contributed by atoms with Crippen molar-refractivity contribution in [1.82, 2.24) is 0 Å². The summed E-state index contributed by atoms with van der Waals surface area (Å²) < 4.78 is 8.36. The smallest absolute Gasteiger partial charge is 0.175 e. The molecular weight excluding hydrogens is 116 g/mol. The van der Waals surface area contributed by atoms with Gasteiger partial charge in [-0.15, -0.1) is 0 Å². The van der Waals surface area contributed by atoms with E-state index in [0.29, 0.717) is 8.60 Å². The largest absolute Gasteiger partial charge is 0.311 e. The molecule has 0 aromatic rings. The lowest BCUT2D eigenvalue weighted by molar-refractivity contribution is 0.395. The highest BCUT2D eigenvalue weighted by Gasteiger charge is 1.64. The van der Waals surface area contributed by atoms with Crippen molar-refractivity contribution in [2.45, 2.75) is 6.92 Å². The fraction of sp³-hybridized carbons (Fsp3) is 1.00. The number of nitrogens with zero attached hydrogens (tertiary/aromatic N) is 1. The summed E-state index contributed by atoms with van der Waals surface area (Å²) in [5, 5.41) is 0. The second-order valence-corrected chi connectivity index (χ2v) is 1.96. The van der Waals surface area contributed by atoms with Crippen molar-refractivity contribution in [3.8, 4) is 0 Å². The molecule has 0 saturated heterocycles. The van der Waals surface area contributed by atoms with Crippen LogP contribution in [0.1, 0.15) is 6.92 Å². The maximum absolute atomic E-state index is 4.77.